The topological polar surface area (TPSA) is 58.4 Å². The molecule has 2 unspecified atom stereocenters. The maximum Gasteiger partial charge on any atom is 0.259 e. The summed E-state index contributed by atoms with van der Waals surface area (Å²) < 4.78 is 5.06. The number of hydrogen-bond acceptors (Lipinski definition) is 4. The average molecular weight is 274 g/mol. The van der Waals surface area contributed by atoms with E-state index in [1.54, 1.807) is 13.8 Å². The van der Waals surface area contributed by atoms with Gasteiger partial charge in [0.2, 0.25) is 0 Å². The Kier molecular flexibility index (Phi) is 4.76. The summed E-state index contributed by atoms with van der Waals surface area (Å²) in [6, 6.07) is 0.498. The molecule has 2 rings (SSSR count). The van der Waals surface area contributed by atoms with Crippen molar-refractivity contribution in [3.8, 4) is 0 Å². The van der Waals surface area contributed by atoms with E-state index >= 15 is 0 Å². The van der Waals surface area contributed by atoms with E-state index in [1.165, 1.54) is 0 Å². The highest BCUT2D eigenvalue weighted by Gasteiger charge is 2.31. The van der Waals surface area contributed by atoms with Crippen molar-refractivity contribution in [1.29, 1.82) is 0 Å². The van der Waals surface area contributed by atoms with Gasteiger partial charge in [-0.05, 0) is 27.7 Å². The molecular weight excluding hydrogens is 254 g/mol. The number of halogens is 1. The molecule has 1 N–H and O–H groups in total. The molecule has 0 saturated carbocycles. The largest absolute Gasteiger partial charge is 0.361 e. The smallest absolute Gasteiger partial charge is 0.259 e. The number of amides is 1. The highest BCUT2D eigenvalue weighted by atomic mass is 35.5. The van der Waals surface area contributed by atoms with Gasteiger partial charge in [0.15, 0.2) is 0 Å². The van der Waals surface area contributed by atoms with E-state index in [-0.39, 0.29) is 24.4 Å². The van der Waals surface area contributed by atoms with Crippen molar-refractivity contribution in [3.63, 3.8) is 0 Å². The lowest BCUT2D eigenvalue weighted by Gasteiger charge is -2.38. The molecule has 102 valence electrons. The molecule has 1 aliphatic rings. The first-order chi connectivity index (χ1) is 8.02. The fraction of sp³-hybridized carbons (Fsp3) is 0.667. The van der Waals surface area contributed by atoms with Gasteiger partial charge in [0.05, 0.1) is 5.69 Å². The van der Waals surface area contributed by atoms with Crippen molar-refractivity contribution >= 4 is 18.3 Å². The molecular formula is C12H20ClN3O2. The van der Waals surface area contributed by atoms with Gasteiger partial charge in [-0.3, -0.25) is 4.79 Å². The molecule has 1 amide bonds. The molecule has 1 aromatic rings. The molecule has 0 radical (unpaired) electrons. The summed E-state index contributed by atoms with van der Waals surface area (Å²) in [7, 11) is 0. The Bertz CT molecular complexity index is 413. The molecule has 0 bridgehead atoms. The number of nitrogens with one attached hydrogen (secondary N) is 1. The monoisotopic (exact) mass is 273 g/mol. The molecule has 1 fully saturated rings. The first-order valence-corrected chi connectivity index (χ1v) is 5.99. The molecule has 1 aliphatic heterocycles. The van der Waals surface area contributed by atoms with Gasteiger partial charge in [-0.25, -0.2) is 0 Å². The lowest BCUT2D eigenvalue weighted by atomic mass is 10.0. The van der Waals surface area contributed by atoms with Crippen molar-refractivity contribution in [2.24, 2.45) is 0 Å². The molecule has 2 atom stereocenters. The minimum absolute atomic E-state index is 0. The minimum Gasteiger partial charge on any atom is -0.361 e. The van der Waals surface area contributed by atoms with E-state index in [1.807, 2.05) is 4.90 Å². The Morgan fingerprint density at radius 3 is 2.67 bits per heavy atom. The van der Waals surface area contributed by atoms with Crippen LogP contribution < -0.4 is 5.32 Å². The standard InChI is InChI=1S/C12H19N3O2.ClH/c1-7-9(3)15(6-5-13-7)12(16)11-8(2)14-17-10(11)4;/h7,9,13H,5-6H2,1-4H3;1H. The highest BCUT2D eigenvalue weighted by Crippen LogP contribution is 2.18. The van der Waals surface area contributed by atoms with E-state index in [9.17, 15) is 4.79 Å². The number of carbonyl (C=O) groups excluding carboxylic acids is 1. The Hall–Kier alpha value is -1.07. The van der Waals surface area contributed by atoms with E-state index in [0.29, 0.717) is 23.1 Å². The highest BCUT2D eigenvalue weighted by molar-refractivity contribution is 5.96. The minimum atomic E-state index is 0. The first-order valence-electron chi connectivity index (χ1n) is 5.99. The third kappa shape index (κ3) is 2.52. The van der Waals surface area contributed by atoms with Gasteiger partial charge in [-0.1, -0.05) is 5.16 Å². The van der Waals surface area contributed by atoms with Gasteiger partial charge in [-0.15, -0.1) is 12.4 Å². The summed E-state index contributed by atoms with van der Waals surface area (Å²) in [6.45, 7) is 9.31. The van der Waals surface area contributed by atoms with Crippen molar-refractivity contribution in [1.82, 2.24) is 15.4 Å². The summed E-state index contributed by atoms with van der Waals surface area (Å²) in [5.41, 5.74) is 1.29. The third-order valence-electron chi connectivity index (χ3n) is 3.54. The second-order valence-corrected chi connectivity index (χ2v) is 4.68. The Morgan fingerprint density at radius 1 is 1.44 bits per heavy atom. The second kappa shape index (κ2) is 5.71. The lowest BCUT2D eigenvalue weighted by molar-refractivity contribution is 0.0600. The van der Waals surface area contributed by atoms with Crippen LogP contribution in [0.2, 0.25) is 0 Å². The summed E-state index contributed by atoms with van der Waals surface area (Å²) >= 11 is 0. The number of hydrogen-bond donors (Lipinski definition) is 1. The van der Waals surface area contributed by atoms with Crippen LogP contribution >= 0.6 is 12.4 Å². The van der Waals surface area contributed by atoms with Crippen LogP contribution in [0, 0.1) is 13.8 Å². The lowest BCUT2D eigenvalue weighted by Crippen LogP contribution is -2.57. The van der Waals surface area contributed by atoms with Crippen molar-refractivity contribution in [3.05, 3.63) is 17.0 Å². The van der Waals surface area contributed by atoms with Crippen LogP contribution in [0.15, 0.2) is 4.52 Å². The molecule has 1 saturated heterocycles. The summed E-state index contributed by atoms with van der Waals surface area (Å²) in [5, 5.41) is 7.20. The molecule has 1 aromatic heterocycles. The quantitative estimate of drug-likeness (QED) is 0.843. The number of aryl methyl sites for hydroxylation is 2. The van der Waals surface area contributed by atoms with Gasteiger partial charge in [-0.2, -0.15) is 0 Å². The predicted molar refractivity (Wildman–Crippen MR) is 71.2 cm³/mol. The average Bonchev–Trinajstić information content (AvgIpc) is 2.62. The van der Waals surface area contributed by atoms with E-state index in [2.05, 4.69) is 24.3 Å². The zero-order valence-corrected chi connectivity index (χ0v) is 12.0. The molecule has 0 aromatic carbocycles. The van der Waals surface area contributed by atoms with Crippen LogP contribution in [0.5, 0.6) is 0 Å². The molecule has 0 spiro atoms. The number of aromatic nitrogens is 1. The summed E-state index contributed by atoms with van der Waals surface area (Å²) in [4.78, 5) is 14.4. The van der Waals surface area contributed by atoms with Gasteiger partial charge < -0.3 is 14.7 Å². The van der Waals surface area contributed by atoms with Crippen LogP contribution in [-0.4, -0.2) is 41.1 Å². The van der Waals surface area contributed by atoms with Crippen LogP contribution in [0.25, 0.3) is 0 Å². The van der Waals surface area contributed by atoms with Crippen molar-refractivity contribution in [2.45, 2.75) is 39.8 Å². The van der Waals surface area contributed by atoms with Gasteiger partial charge in [0.25, 0.3) is 5.91 Å². The van der Waals surface area contributed by atoms with E-state index < -0.39 is 0 Å². The van der Waals surface area contributed by atoms with E-state index in [0.717, 1.165) is 13.1 Å². The Morgan fingerprint density at radius 2 is 2.11 bits per heavy atom. The maximum atomic E-state index is 12.5. The van der Waals surface area contributed by atoms with Crippen LogP contribution in [-0.2, 0) is 0 Å². The number of carbonyl (C=O) groups is 1. The maximum absolute atomic E-state index is 12.5. The van der Waals surface area contributed by atoms with Crippen LogP contribution in [0.4, 0.5) is 0 Å². The first kappa shape index (κ1) is 15.0. The predicted octanol–water partition coefficient (Wildman–Crippen LogP) is 1.54. The number of piperazine rings is 1. The zero-order valence-electron chi connectivity index (χ0n) is 11.2. The fourth-order valence-corrected chi connectivity index (χ4v) is 2.28. The van der Waals surface area contributed by atoms with Crippen LogP contribution in [0.3, 0.4) is 0 Å². The zero-order chi connectivity index (χ0) is 12.6. The molecule has 0 aliphatic carbocycles. The molecule has 5 nitrogen and oxygen atoms in total. The fourth-order valence-electron chi connectivity index (χ4n) is 2.28. The SMILES string of the molecule is Cc1noc(C)c1C(=O)N1CCNC(C)C1C.Cl. The summed E-state index contributed by atoms with van der Waals surface area (Å²) in [6.07, 6.45) is 0. The molecule has 6 heteroatoms. The van der Waals surface area contributed by atoms with E-state index in [4.69, 9.17) is 4.52 Å². The Balaban J connectivity index is 0.00000162. The number of nitrogens with zero attached hydrogens (tertiary/aromatic N) is 2. The number of rotatable bonds is 1. The molecule has 2 heterocycles. The van der Waals surface area contributed by atoms with Gasteiger partial charge >= 0.3 is 0 Å². The Labute approximate surface area is 113 Å². The third-order valence-corrected chi connectivity index (χ3v) is 3.54. The van der Waals surface area contributed by atoms with Crippen molar-refractivity contribution in [2.75, 3.05) is 13.1 Å². The summed E-state index contributed by atoms with van der Waals surface area (Å²) in [5.74, 6) is 0.632. The van der Waals surface area contributed by atoms with Gasteiger partial charge in [0.1, 0.15) is 11.3 Å². The molecule has 18 heavy (non-hydrogen) atoms. The van der Waals surface area contributed by atoms with Gasteiger partial charge in [0, 0.05) is 25.2 Å². The van der Waals surface area contributed by atoms with Crippen molar-refractivity contribution < 1.29 is 9.32 Å². The normalized spacial score (nSPS) is 23.7. The van der Waals surface area contributed by atoms with Crippen LogP contribution in [0.1, 0.15) is 35.7 Å². The second-order valence-electron chi connectivity index (χ2n) is 4.68.